The number of anilines is 1. The van der Waals surface area contributed by atoms with Crippen LogP contribution in [0.25, 0.3) is 10.6 Å². The number of hydrogen-bond acceptors (Lipinski definition) is 6. The smallest absolute Gasteiger partial charge is 0.265 e. The third-order valence-electron chi connectivity index (χ3n) is 6.24. The Morgan fingerprint density at radius 2 is 1.85 bits per heavy atom. The normalized spacial score (nSPS) is 17.6. The molecule has 0 aliphatic carbocycles. The largest absolute Gasteiger partial charge is 0.497 e. The molecule has 1 unspecified atom stereocenters. The molecule has 3 heterocycles. The van der Waals surface area contributed by atoms with Gasteiger partial charge in [-0.05, 0) is 55.7 Å². The minimum atomic E-state index is -0.692. The van der Waals surface area contributed by atoms with Gasteiger partial charge in [0.05, 0.1) is 31.5 Å². The van der Waals surface area contributed by atoms with E-state index in [4.69, 9.17) is 9.47 Å². The van der Waals surface area contributed by atoms with E-state index in [1.54, 1.807) is 12.0 Å². The van der Waals surface area contributed by atoms with Crippen LogP contribution in [0.1, 0.15) is 25.0 Å². The first-order chi connectivity index (χ1) is 16.6. The van der Waals surface area contributed by atoms with Gasteiger partial charge in [0.2, 0.25) is 5.91 Å². The van der Waals surface area contributed by atoms with Crippen LogP contribution in [-0.4, -0.2) is 54.5 Å². The van der Waals surface area contributed by atoms with Crippen molar-refractivity contribution in [1.82, 2.24) is 9.88 Å². The number of thiazole rings is 1. The number of rotatable bonds is 5. The lowest BCUT2D eigenvalue weighted by atomic mass is 10.1. The average Bonchev–Trinajstić information content (AvgIpc) is 3.36. The van der Waals surface area contributed by atoms with E-state index in [9.17, 15) is 9.59 Å². The molecule has 1 aromatic heterocycles. The second-order valence-corrected chi connectivity index (χ2v) is 9.37. The number of fused-ring (bicyclic) bond motifs is 1. The standard InChI is InChI=1S/C26H27N3O4S/c1-32-20-11-9-18(10-12-20)25-27-19(17-34-25)15-24(30)29-16-23(26(31)28-13-5-2-6-14-28)33-22-8-4-3-7-21(22)29/h3-4,7-12,17,23H,2,5-6,13-16H2,1H3. The zero-order valence-corrected chi connectivity index (χ0v) is 19.9. The summed E-state index contributed by atoms with van der Waals surface area (Å²) in [4.78, 5) is 34.8. The van der Waals surface area contributed by atoms with Crippen molar-refractivity contribution in [3.05, 3.63) is 59.6 Å². The summed E-state index contributed by atoms with van der Waals surface area (Å²) in [5.41, 5.74) is 2.39. The zero-order chi connectivity index (χ0) is 23.5. The SMILES string of the molecule is COc1ccc(-c2nc(CC(=O)N3CC(C(=O)N4CCCCC4)Oc4ccccc43)cs2)cc1. The Labute approximate surface area is 202 Å². The lowest BCUT2D eigenvalue weighted by Crippen LogP contribution is -2.53. The summed E-state index contributed by atoms with van der Waals surface area (Å²) >= 11 is 1.51. The number of hydrogen-bond donors (Lipinski definition) is 0. The number of nitrogens with zero attached hydrogens (tertiary/aromatic N) is 3. The summed E-state index contributed by atoms with van der Waals surface area (Å²) in [5.74, 6) is 1.21. The van der Waals surface area contributed by atoms with Gasteiger partial charge in [-0.1, -0.05) is 12.1 Å². The van der Waals surface area contributed by atoms with E-state index in [-0.39, 0.29) is 24.8 Å². The molecule has 1 atom stereocenters. The summed E-state index contributed by atoms with van der Waals surface area (Å²) in [5, 5.41) is 2.77. The maximum absolute atomic E-state index is 13.4. The second-order valence-electron chi connectivity index (χ2n) is 8.51. The quantitative estimate of drug-likeness (QED) is 0.552. The fourth-order valence-corrected chi connectivity index (χ4v) is 5.25. The van der Waals surface area contributed by atoms with Crippen LogP contribution in [-0.2, 0) is 16.0 Å². The van der Waals surface area contributed by atoms with E-state index in [1.807, 2.05) is 58.8 Å². The first-order valence-electron chi connectivity index (χ1n) is 11.6. The predicted molar refractivity (Wildman–Crippen MR) is 131 cm³/mol. The van der Waals surface area contributed by atoms with Crippen LogP contribution in [0.5, 0.6) is 11.5 Å². The Bertz CT molecular complexity index is 1170. The van der Waals surface area contributed by atoms with E-state index in [2.05, 4.69) is 4.98 Å². The predicted octanol–water partition coefficient (Wildman–Crippen LogP) is 4.17. The molecule has 2 amide bonds. The second kappa shape index (κ2) is 9.85. The number of para-hydroxylation sites is 2. The van der Waals surface area contributed by atoms with Crippen molar-refractivity contribution >= 4 is 28.8 Å². The lowest BCUT2D eigenvalue weighted by molar-refractivity contribution is -0.139. The van der Waals surface area contributed by atoms with Gasteiger partial charge in [0.15, 0.2) is 6.10 Å². The number of ether oxygens (including phenoxy) is 2. The third-order valence-corrected chi connectivity index (χ3v) is 7.18. The number of amides is 2. The van der Waals surface area contributed by atoms with Crippen molar-refractivity contribution in [3.8, 4) is 22.1 Å². The first-order valence-corrected chi connectivity index (χ1v) is 12.4. The van der Waals surface area contributed by atoms with Gasteiger partial charge in [-0.15, -0.1) is 11.3 Å². The van der Waals surface area contributed by atoms with Crippen molar-refractivity contribution in [2.24, 2.45) is 0 Å². The summed E-state index contributed by atoms with van der Waals surface area (Å²) in [7, 11) is 1.64. The number of benzene rings is 2. The van der Waals surface area contributed by atoms with Gasteiger partial charge in [-0.3, -0.25) is 9.59 Å². The average molecular weight is 478 g/mol. The number of aromatic nitrogens is 1. The highest BCUT2D eigenvalue weighted by Gasteiger charge is 2.36. The summed E-state index contributed by atoms with van der Waals surface area (Å²) in [6, 6.07) is 15.1. The summed E-state index contributed by atoms with van der Waals surface area (Å²) < 4.78 is 11.3. The molecule has 7 nitrogen and oxygen atoms in total. The summed E-state index contributed by atoms with van der Waals surface area (Å²) in [6.45, 7) is 1.71. The van der Waals surface area contributed by atoms with Gasteiger partial charge in [0.25, 0.3) is 5.91 Å². The van der Waals surface area contributed by atoms with Crippen molar-refractivity contribution in [2.45, 2.75) is 31.8 Å². The van der Waals surface area contributed by atoms with E-state index >= 15 is 0 Å². The Balaban J connectivity index is 1.33. The third kappa shape index (κ3) is 4.63. The Morgan fingerprint density at radius 1 is 1.09 bits per heavy atom. The van der Waals surface area contributed by atoms with Crippen LogP contribution in [0, 0.1) is 0 Å². The maximum atomic E-state index is 13.4. The minimum Gasteiger partial charge on any atom is -0.497 e. The number of carbonyl (C=O) groups is 2. The molecule has 5 rings (SSSR count). The highest BCUT2D eigenvalue weighted by molar-refractivity contribution is 7.13. The fraction of sp³-hybridized carbons (Fsp3) is 0.346. The van der Waals surface area contributed by atoms with Crippen LogP contribution in [0.3, 0.4) is 0 Å². The van der Waals surface area contributed by atoms with Gasteiger partial charge in [0, 0.05) is 24.0 Å². The Hall–Kier alpha value is -3.39. The van der Waals surface area contributed by atoms with E-state index < -0.39 is 6.10 Å². The number of likely N-dealkylation sites (tertiary alicyclic amines) is 1. The zero-order valence-electron chi connectivity index (χ0n) is 19.1. The monoisotopic (exact) mass is 477 g/mol. The van der Waals surface area contributed by atoms with Gasteiger partial charge in [-0.2, -0.15) is 0 Å². The highest BCUT2D eigenvalue weighted by Crippen LogP contribution is 2.34. The van der Waals surface area contributed by atoms with Crippen molar-refractivity contribution < 1.29 is 19.1 Å². The highest BCUT2D eigenvalue weighted by atomic mass is 32.1. The first kappa shape index (κ1) is 22.4. The molecule has 0 spiro atoms. The van der Waals surface area contributed by atoms with Crippen LogP contribution >= 0.6 is 11.3 Å². The molecule has 0 radical (unpaired) electrons. The molecular weight excluding hydrogens is 450 g/mol. The molecule has 176 valence electrons. The van der Waals surface area contributed by atoms with Crippen molar-refractivity contribution in [1.29, 1.82) is 0 Å². The molecule has 1 fully saturated rings. The molecule has 8 heteroatoms. The summed E-state index contributed by atoms with van der Waals surface area (Å²) in [6.07, 6.45) is 2.64. The number of carbonyl (C=O) groups excluding carboxylic acids is 2. The van der Waals surface area contributed by atoms with E-state index in [1.165, 1.54) is 11.3 Å². The molecule has 2 aromatic carbocycles. The van der Waals surface area contributed by atoms with Gasteiger partial charge >= 0.3 is 0 Å². The number of methoxy groups -OCH3 is 1. The van der Waals surface area contributed by atoms with Gasteiger partial charge in [0.1, 0.15) is 16.5 Å². The fourth-order valence-electron chi connectivity index (χ4n) is 4.42. The Kier molecular flexibility index (Phi) is 6.49. The van der Waals surface area contributed by atoms with Crippen LogP contribution < -0.4 is 14.4 Å². The van der Waals surface area contributed by atoms with Crippen molar-refractivity contribution in [2.75, 3.05) is 31.6 Å². The molecule has 0 saturated carbocycles. The number of piperidine rings is 1. The van der Waals surface area contributed by atoms with E-state index in [0.717, 1.165) is 48.7 Å². The van der Waals surface area contributed by atoms with E-state index in [0.29, 0.717) is 17.1 Å². The molecule has 34 heavy (non-hydrogen) atoms. The minimum absolute atomic E-state index is 0.0394. The van der Waals surface area contributed by atoms with Gasteiger partial charge in [-0.25, -0.2) is 4.98 Å². The molecular formula is C26H27N3O4S. The molecule has 3 aromatic rings. The maximum Gasteiger partial charge on any atom is 0.265 e. The lowest BCUT2D eigenvalue weighted by Gasteiger charge is -2.37. The molecule has 1 saturated heterocycles. The van der Waals surface area contributed by atoms with Crippen LogP contribution in [0.4, 0.5) is 5.69 Å². The van der Waals surface area contributed by atoms with Crippen molar-refractivity contribution in [3.63, 3.8) is 0 Å². The molecule has 2 aliphatic heterocycles. The Morgan fingerprint density at radius 3 is 2.62 bits per heavy atom. The molecule has 0 N–H and O–H groups in total. The van der Waals surface area contributed by atoms with Crippen LogP contribution in [0.2, 0.25) is 0 Å². The van der Waals surface area contributed by atoms with Gasteiger partial charge < -0.3 is 19.3 Å². The molecule has 0 bridgehead atoms. The molecule has 2 aliphatic rings. The van der Waals surface area contributed by atoms with Crippen LogP contribution in [0.15, 0.2) is 53.9 Å². The topological polar surface area (TPSA) is 72.0 Å².